The lowest BCUT2D eigenvalue weighted by molar-refractivity contribution is -0.119. The third kappa shape index (κ3) is 4.27. The molecule has 0 aliphatic rings. The zero-order valence-corrected chi connectivity index (χ0v) is 15.8. The number of hydrogen-bond acceptors (Lipinski definition) is 2. The highest BCUT2D eigenvalue weighted by atomic mass is 32.1. The number of para-hydroxylation sites is 1. The predicted octanol–water partition coefficient (Wildman–Crippen LogP) is 5.02. The van der Waals surface area contributed by atoms with E-state index in [4.69, 9.17) is 12.2 Å². The first-order chi connectivity index (χ1) is 12.5. The van der Waals surface area contributed by atoms with Crippen LogP contribution < -0.4 is 10.6 Å². The van der Waals surface area contributed by atoms with Gasteiger partial charge in [0.2, 0.25) is 5.91 Å². The number of benzene rings is 3. The van der Waals surface area contributed by atoms with Crippen molar-refractivity contribution in [1.82, 2.24) is 5.32 Å². The van der Waals surface area contributed by atoms with Crippen molar-refractivity contribution in [2.24, 2.45) is 0 Å². The lowest BCUT2D eigenvalue weighted by Crippen LogP contribution is -2.35. The van der Waals surface area contributed by atoms with Crippen LogP contribution in [0.15, 0.2) is 66.7 Å². The Bertz CT molecular complexity index is 944. The molecule has 0 atom stereocenters. The topological polar surface area (TPSA) is 41.1 Å². The molecule has 132 valence electrons. The minimum Gasteiger partial charge on any atom is -0.332 e. The van der Waals surface area contributed by atoms with Crippen LogP contribution in [-0.2, 0) is 11.2 Å². The second kappa shape index (κ2) is 8.11. The minimum atomic E-state index is -0.124. The highest BCUT2D eigenvalue weighted by Gasteiger charge is 2.11. The molecule has 0 aliphatic heterocycles. The lowest BCUT2D eigenvalue weighted by Gasteiger charge is -2.15. The normalized spacial score (nSPS) is 10.7. The highest BCUT2D eigenvalue weighted by molar-refractivity contribution is 7.80. The smallest absolute Gasteiger partial charge is 0.230 e. The SMILES string of the molecule is CC(C)c1ccccc1NC(=S)NC(=O)Cc1cccc2ccccc12. The van der Waals surface area contributed by atoms with Crippen LogP contribution in [0.5, 0.6) is 0 Å². The van der Waals surface area contributed by atoms with Crippen LogP contribution >= 0.6 is 12.2 Å². The van der Waals surface area contributed by atoms with Crippen LogP contribution in [-0.4, -0.2) is 11.0 Å². The Morgan fingerprint density at radius 2 is 1.65 bits per heavy atom. The first-order valence-corrected chi connectivity index (χ1v) is 9.12. The van der Waals surface area contributed by atoms with Crippen LogP contribution in [0.4, 0.5) is 5.69 Å². The third-order valence-corrected chi connectivity index (χ3v) is 4.52. The minimum absolute atomic E-state index is 0.124. The van der Waals surface area contributed by atoms with E-state index in [0.717, 1.165) is 27.6 Å². The van der Waals surface area contributed by atoms with Gasteiger partial charge in [-0.3, -0.25) is 4.79 Å². The van der Waals surface area contributed by atoms with E-state index < -0.39 is 0 Å². The zero-order chi connectivity index (χ0) is 18.5. The monoisotopic (exact) mass is 362 g/mol. The van der Waals surface area contributed by atoms with Gasteiger partial charge in [0.25, 0.3) is 0 Å². The van der Waals surface area contributed by atoms with Crippen molar-refractivity contribution in [3.8, 4) is 0 Å². The quantitative estimate of drug-likeness (QED) is 0.640. The summed E-state index contributed by atoms with van der Waals surface area (Å²) in [7, 11) is 0. The number of thiocarbonyl (C=S) groups is 1. The van der Waals surface area contributed by atoms with Crippen LogP contribution in [0.25, 0.3) is 10.8 Å². The van der Waals surface area contributed by atoms with Crippen molar-refractivity contribution in [3.05, 3.63) is 77.9 Å². The van der Waals surface area contributed by atoms with E-state index in [9.17, 15) is 4.79 Å². The van der Waals surface area contributed by atoms with Crippen molar-refractivity contribution in [1.29, 1.82) is 0 Å². The Hall–Kier alpha value is -2.72. The van der Waals surface area contributed by atoms with E-state index in [1.54, 1.807) is 0 Å². The molecular formula is C22H22N2OS. The highest BCUT2D eigenvalue weighted by Crippen LogP contribution is 2.23. The van der Waals surface area contributed by atoms with Gasteiger partial charge in [0.15, 0.2) is 5.11 Å². The zero-order valence-electron chi connectivity index (χ0n) is 15.0. The second-order valence-electron chi connectivity index (χ2n) is 6.56. The molecule has 1 amide bonds. The summed E-state index contributed by atoms with van der Waals surface area (Å²) >= 11 is 5.33. The molecule has 26 heavy (non-hydrogen) atoms. The Morgan fingerprint density at radius 3 is 2.46 bits per heavy atom. The van der Waals surface area contributed by atoms with Gasteiger partial charge in [0.1, 0.15) is 0 Å². The molecule has 0 saturated heterocycles. The molecular weight excluding hydrogens is 340 g/mol. The third-order valence-electron chi connectivity index (χ3n) is 4.31. The molecule has 2 N–H and O–H groups in total. The van der Waals surface area contributed by atoms with E-state index in [0.29, 0.717) is 11.0 Å². The van der Waals surface area contributed by atoms with Crippen molar-refractivity contribution < 1.29 is 4.79 Å². The first-order valence-electron chi connectivity index (χ1n) is 8.71. The summed E-state index contributed by atoms with van der Waals surface area (Å²) in [4.78, 5) is 12.4. The molecule has 3 rings (SSSR count). The maximum Gasteiger partial charge on any atom is 0.230 e. The maximum atomic E-state index is 12.4. The van der Waals surface area contributed by atoms with Crippen LogP contribution in [0, 0.1) is 0 Å². The fourth-order valence-electron chi connectivity index (χ4n) is 3.06. The summed E-state index contributed by atoms with van der Waals surface area (Å²) in [6, 6.07) is 22.1. The summed E-state index contributed by atoms with van der Waals surface area (Å²) in [6.45, 7) is 4.26. The molecule has 3 aromatic carbocycles. The first kappa shape index (κ1) is 18.1. The molecule has 0 radical (unpaired) electrons. The molecule has 0 heterocycles. The molecule has 0 unspecified atom stereocenters. The Kier molecular flexibility index (Phi) is 5.64. The Labute approximate surface area is 159 Å². The van der Waals surface area contributed by atoms with Crippen LogP contribution in [0.3, 0.4) is 0 Å². The van der Waals surface area contributed by atoms with E-state index in [1.165, 1.54) is 0 Å². The average Bonchev–Trinajstić information content (AvgIpc) is 2.62. The molecule has 4 heteroatoms. The summed E-state index contributed by atoms with van der Waals surface area (Å²) in [5.41, 5.74) is 3.09. The molecule has 3 aromatic rings. The van der Waals surface area contributed by atoms with E-state index in [1.807, 2.05) is 60.7 Å². The molecule has 0 aromatic heterocycles. The van der Waals surface area contributed by atoms with Crippen LogP contribution in [0.1, 0.15) is 30.9 Å². The van der Waals surface area contributed by atoms with Gasteiger partial charge in [-0.05, 0) is 46.1 Å². The van der Waals surface area contributed by atoms with E-state index >= 15 is 0 Å². The fourth-order valence-corrected chi connectivity index (χ4v) is 3.28. The number of rotatable bonds is 4. The molecule has 0 bridgehead atoms. The number of amides is 1. The van der Waals surface area contributed by atoms with E-state index in [2.05, 4.69) is 30.5 Å². The second-order valence-corrected chi connectivity index (χ2v) is 6.97. The van der Waals surface area contributed by atoms with Crippen molar-refractivity contribution in [2.75, 3.05) is 5.32 Å². The predicted molar refractivity (Wildman–Crippen MR) is 113 cm³/mol. The van der Waals surface area contributed by atoms with Gasteiger partial charge in [0, 0.05) is 5.69 Å². The molecule has 0 aliphatic carbocycles. The summed E-state index contributed by atoms with van der Waals surface area (Å²) in [5.74, 6) is 0.244. The standard InChI is InChI=1S/C22H22N2OS/c1-15(2)18-11-5-6-13-20(18)23-22(26)24-21(25)14-17-10-7-9-16-8-3-4-12-19(16)17/h3-13,15H,14H2,1-2H3,(H2,23,24,25,26). The van der Waals surface area contributed by atoms with Crippen molar-refractivity contribution in [3.63, 3.8) is 0 Å². The number of carbonyl (C=O) groups excluding carboxylic acids is 1. The van der Waals surface area contributed by atoms with Gasteiger partial charge >= 0.3 is 0 Å². The van der Waals surface area contributed by atoms with Crippen LogP contribution in [0.2, 0.25) is 0 Å². The molecule has 0 fully saturated rings. The van der Waals surface area contributed by atoms with Gasteiger partial charge in [0.05, 0.1) is 6.42 Å². The maximum absolute atomic E-state index is 12.4. The summed E-state index contributed by atoms with van der Waals surface area (Å²) < 4.78 is 0. The van der Waals surface area contributed by atoms with Gasteiger partial charge in [-0.1, -0.05) is 74.5 Å². The molecule has 0 spiro atoms. The molecule has 3 nitrogen and oxygen atoms in total. The summed E-state index contributed by atoms with van der Waals surface area (Å²) in [6.07, 6.45) is 0.287. The van der Waals surface area contributed by atoms with E-state index in [-0.39, 0.29) is 12.3 Å². The van der Waals surface area contributed by atoms with Gasteiger partial charge in [-0.15, -0.1) is 0 Å². The lowest BCUT2D eigenvalue weighted by atomic mass is 10.0. The van der Waals surface area contributed by atoms with Gasteiger partial charge in [-0.2, -0.15) is 0 Å². The number of hydrogen-bond donors (Lipinski definition) is 2. The largest absolute Gasteiger partial charge is 0.332 e. The number of anilines is 1. The Morgan fingerprint density at radius 1 is 0.962 bits per heavy atom. The average molecular weight is 362 g/mol. The fraction of sp³-hybridized carbons (Fsp3) is 0.182. The summed E-state index contributed by atoms with van der Waals surface area (Å²) in [5, 5.41) is 8.48. The van der Waals surface area contributed by atoms with Gasteiger partial charge < -0.3 is 10.6 Å². The molecule has 0 saturated carbocycles. The number of fused-ring (bicyclic) bond motifs is 1. The number of carbonyl (C=O) groups is 1. The van der Waals surface area contributed by atoms with Crippen molar-refractivity contribution >= 4 is 39.7 Å². The Balaban J connectivity index is 1.67. The number of nitrogens with one attached hydrogen (secondary N) is 2. The van der Waals surface area contributed by atoms with Gasteiger partial charge in [-0.25, -0.2) is 0 Å². The van der Waals surface area contributed by atoms with Crippen molar-refractivity contribution in [2.45, 2.75) is 26.2 Å².